The molecule has 5 nitrogen and oxygen atoms in total. The van der Waals surface area contributed by atoms with Crippen LogP contribution < -0.4 is 0 Å². The number of ketones is 1. The molecule has 0 saturated heterocycles. The number of hydrogen-bond donors (Lipinski definition) is 0. The molecular formula is C11H12N4OS. The average molecular weight is 248 g/mol. The maximum Gasteiger partial charge on any atom is 0.213 e. The van der Waals surface area contributed by atoms with E-state index in [1.807, 2.05) is 31.2 Å². The Morgan fingerprint density at radius 3 is 2.59 bits per heavy atom. The van der Waals surface area contributed by atoms with Gasteiger partial charge in [0.2, 0.25) is 5.16 Å². The lowest BCUT2D eigenvalue weighted by molar-refractivity contribution is 0.0988. The van der Waals surface area contributed by atoms with Crippen molar-refractivity contribution in [3.05, 3.63) is 29.8 Å². The van der Waals surface area contributed by atoms with E-state index in [1.165, 1.54) is 11.8 Å². The largest absolute Gasteiger partial charge is 0.294 e. The molecule has 0 radical (unpaired) electrons. The Hall–Kier alpha value is -1.69. The van der Waals surface area contributed by atoms with Crippen molar-refractivity contribution >= 4 is 17.5 Å². The van der Waals surface area contributed by atoms with E-state index in [0.717, 1.165) is 15.6 Å². The lowest BCUT2D eigenvalue weighted by Crippen LogP contribution is -1.96. The number of nitrogens with zero attached hydrogens (tertiary/aromatic N) is 4. The third kappa shape index (κ3) is 2.71. The number of carbonyl (C=O) groups excluding carboxylic acids is 1. The summed E-state index contributed by atoms with van der Waals surface area (Å²) in [6, 6.07) is 7.47. The van der Waals surface area contributed by atoms with Crippen LogP contribution in [0, 0.1) is 0 Å². The zero-order valence-corrected chi connectivity index (χ0v) is 10.4. The molecule has 2 aromatic rings. The van der Waals surface area contributed by atoms with Crippen LogP contribution >= 0.6 is 11.8 Å². The van der Waals surface area contributed by atoms with Gasteiger partial charge in [0.05, 0.1) is 0 Å². The van der Waals surface area contributed by atoms with Crippen LogP contribution in [0.5, 0.6) is 0 Å². The fourth-order valence-electron chi connectivity index (χ4n) is 1.33. The minimum atomic E-state index is 0.155. The van der Waals surface area contributed by atoms with Gasteiger partial charge in [-0.3, -0.25) is 4.79 Å². The molecule has 0 aliphatic rings. The van der Waals surface area contributed by atoms with Crippen LogP contribution in [0.2, 0.25) is 0 Å². The van der Waals surface area contributed by atoms with Gasteiger partial charge in [0.25, 0.3) is 0 Å². The van der Waals surface area contributed by atoms with E-state index in [-0.39, 0.29) is 5.78 Å². The lowest BCUT2D eigenvalue weighted by Gasteiger charge is -2.01. The van der Waals surface area contributed by atoms with Crippen LogP contribution in [0.1, 0.15) is 23.7 Å². The van der Waals surface area contributed by atoms with Gasteiger partial charge in [-0.05, 0) is 34.3 Å². The summed E-state index contributed by atoms with van der Waals surface area (Å²) in [6.07, 6.45) is 0.527. The highest BCUT2D eigenvalue weighted by Crippen LogP contribution is 2.24. The second kappa shape index (κ2) is 5.09. The number of tetrazole rings is 1. The molecule has 0 atom stereocenters. The molecule has 2 rings (SSSR count). The van der Waals surface area contributed by atoms with Crippen LogP contribution in [0.4, 0.5) is 0 Å². The second-order valence-electron chi connectivity index (χ2n) is 3.49. The topological polar surface area (TPSA) is 60.7 Å². The Morgan fingerprint density at radius 2 is 2.06 bits per heavy atom. The maximum atomic E-state index is 11.5. The van der Waals surface area contributed by atoms with Gasteiger partial charge in [0, 0.05) is 23.9 Å². The zero-order chi connectivity index (χ0) is 12.3. The molecular weight excluding hydrogens is 236 g/mol. The molecule has 1 heterocycles. The summed E-state index contributed by atoms with van der Waals surface area (Å²) in [5, 5.41) is 11.9. The quantitative estimate of drug-likeness (QED) is 0.774. The first-order valence-corrected chi connectivity index (χ1v) is 6.06. The summed E-state index contributed by atoms with van der Waals surface area (Å²) in [7, 11) is 1.79. The Labute approximate surface area is 103 Å². The van der Waals surface area contributed by atoms with Crippen LogP contribution in [0.15, 0.2) is 34.3 Å². The standard InChI is InChI=1S/C11H12N4OS/c1-3-10(16)8-4-6-9(7-5-8)17-11-12-13-14-15(11)2/h4-7H,3H2,1-2H3. The van der Waals surface area contributed by atoms with Gasteiger partial charge in [-0.25, -0.2) is 4.68 Å². The Kier molecular flexibility index (Phi) is 3.53. The van der Waals surface area contributed by atoms with Crippen LogP contribution in [0.25, 0.3) is 0 Å². The Bertz CT molecular complexity index is 521. The van der Waals surface area contributed by atoms with Crippen LogP contribution in [-0.4, -0.2) is 26.0 Å². The minimum Gasteiger partial charge on any atom is -0.294 e. The normalized spacial score (nSPS) is 10.5. The zero-order valence-electron chi connectivity index (χ0n) is 9.62. The lowest BCUT2D eigenvalue weighted by atomic mass is 10.1. The molecule has 0 spiro atoms. The van der Waals surface area contributed by atoms with Crippen molar-refractivity contribution in [1.29, 1.82) is 0 Å². The molecule has 0 bridgehead atoms. The molecule has 0 saturated carbocycles. The van der Waals surface area contributed by atoms with Crippen molar-refractivity contribution in [2.75, 3.05) is 0 Å². The predicted octanol–water partition coefficient (Wildman–Crippen LogP) is 1.95. The van der Waals surface area contributed by atoms with Crippen LogP contribution in [-0.2, 0) is 7.05 Å². The molecule has 6 heteroatoms. The summed E-state index contributed by atoms with van der Waals surface area (Å²) in [4.78, 5) is 12.5. The number of benzene rings is 1. The van der Waals surface area contributed by atoms with Gasteiger partial charge in [-0.15, -0.1) is 5.10 Å². The summed E-state index contributed by atoms with van der Waals surface area (Å²) < 4.78 is 1.61. The van der Waals surface area contributed by atoms with E-state index in [1.54, 1.807) is 11.7 Å². The van der Waals surface area contributed by atoms with E-state index in [2.05, 4.69) is 15.5 Å². The molecule has 0 amide bonds. The van der Waals surface area contributed by atoms with Gasteiger partial charge >= 0.3 is 0 Å². The van der Waals surface area contributed by atoms with Crippen LogP contribution in [0.3, 0.4) is 0 Å². The van der Waals surface area contributed by atoms with Gasteiger partial charge in [0.1, 0.15) is 0 Å². The highest BCUT2D eigenvalue weighted by atomic mass is 32.2. The molecule has 0 N–H and O–H groups in total. The number of aryl methyl sites for hydroxylation is 1. The van der Waals surface area contributed by atoms with Gasteiger partial charge in [-0.1, -0.05) is 19.1 Å². The summed E-state index contributed by atoms with van der Waals surface area (Å²) in [5.74, 6) is 0.155. The Balaban J connectivity index is 2.14. The maximum absolute atomic E-state index is 11.5. The second-order valence-corrected chi connectivity index (χ2v) is 4.53. The Morgan fingerprint density at radius 1 is 1.35 bits per heavy atom. The fraction of sp³-hybridized carbons (Fsp3) is 0.273. The van der Waals surface area contributed by atoms with Crippen molar-refractivity contribution in [1.82, 2.24) is 20.2 Å². The van der Waals surface area contributed by atoms with Crippen molar-refractivity contribution in [3.63, 3.8) is 0 Å². The smallest absolute Gasteiger partial charge is 0.213 e. The van der Waals surface area contributed by atoms with E-state index in [0.29, 0.717) is 6.42 Å². The molecule has 0 unspecified atom stereocenters. The first-order valence-electron chi connectivity index (χ1n) is 5.24. The molecule has 17 heavy (non-hydrogen) atoms. The number of carbonyl (C=O) groups is 1. The highest BCUT2D eigenvalue weighted by molar-refractivity contribution is 7.99. The first-order chi connectivity index (χ1) is 8.20. The highest BCUT2D eigenvalue weighted by Gasteiger charge is 2.06. The minimum absolute atomic E-state index is 0.155. The molecule has 0 aliphatic heterocycles. The van der Waals surface area contributed by atoms with Crippen molar-refractivity contribution in [2.24, 2.45) is 7.05 Å². The fourth-order valence-corrected chi connectivity index (χ4v) is 2.06. The third-order valence-corrected chi connectivity index (χ3v) is 3.32. The number of Topliss-reactive ketones (excluding diaryl/α,β-unsaturated/α-hetero) is 1. The SMILES string of the molecule is CCC(=O)c1ccc(Sc2nnnn2C)cc1. The monoisotopic (exact) mass is 248 g/mol. The van der Waals surface area contributed by atoms with Gasteiger partial charge in [0.15, 0.2) is 5.78 Å². The summed E-state index contributed by atoms with van der Waals surface area (Å²) in [5.41, 5.74) is 0.743. The van der Waals surface area contributed by atoms with E-state index >= 15 is 0 Å². The molecule has 1 aromatic carbocycles. The third-order valence-electron chi connectivity index (χ3n) is 2.29. The number of hydrogen-bond acceptors (Lipinski definition) is 5. The van der Waals surface area contributed by atoms with E-state index in [4.69, 9.17) is 0 Å². The summed E-state index contributed by atoms with van der Waals surface area (Å²) in [6.45, 7) is 1.86. The molecule has 1 aromatic heterocycles. The van der Waals surface area contributed by atoms with E-state index in [9.17, 15) is 4.79 Å². The number of rotatable bonds is 4. The predicted molar refractivity (Wildman–Crippen MR) is 64.0 cm³/mol. The van der Waals surface area contributed by atoms with Crippen molar-refractivity contribution in [2.45, 2.75) is 23.4 Å². The first kappa shape index (κ1) is 11.8. The van der Waals surface area contributed by atoms with E-state index < -0.39 is 0 Å². The average Bonchev–Trinajstić information content (AvgIpc) is 2.75. The molecule has 0 aliphatic carbocycles. The molecule has 88 valence electrons. The van der Waals surface area contributed by atoms with Gasteiger partial charge in [-0.2, -0.15) is 0 Å². The van der Waals surface area contributed by atoms with Gasteiger partial charge < -0.3 is 0 Å². The van der Waals surface area contributed by atoms with Crippen molar-refractivity contribution in [3.8, 4) is 0 Å². The summed E-state index contributed by atoms with van der Waals surface area (Å²) >= 11 is 1.46. The van der Waals surface area contributed by atoms with Crippen molar-refractivity contribution < 1.29 is 4.79 Å². The number of aromatic nitrogens is 4. The molecule has 0 fully saturated rings.